The lowest BCUT2D eigenvalue weighted by Crippen LogP contribution is -2.31. The SMILES string of the molecule is COC(C)C.FCF.Nc1ccn(C2OC(COP(NCC=O)Oc3ccc4ccccc4c3)CC2O)c(=O)n1. The molecule has 4 atom stereocenters. The Balaban J connectivity index is 0.000000621. The van der Waals surface area contributed by atoms with Gasteiger partial charge in [0.2, 0.25) is 6.93 Å². The number of ether oxygens (including phenoxy) is 2. The molecule has 14 heteroatoms. The van der Waals surface area contributed by atoms with Gasteiger partial charge in [0.05, 0.1) is 25.4 Å². The summed E-state index contributed by atoms with van der Waals surface area (Å²) in [7, 11) is 0.0511. The molecule has 1 saturated heterocycles. The molecule has 4 N–H and O–H groups in total. The Kier molecular flexibility index (Phi) is 14.6. The van der Waals surface area contributed by atoms with Crippen LogP contribution in [-0.2, 0) is 18.8 Å². The lowest BCUT2D eigenvalue weighted by molar-refractivity contribution is -0.106. The summed E-state index contributed by atoms with van der Waals surface area (Å²) in [4.78, 5) is 26.5. The number of nitrogens with one attached hydrogen (secondary N) is 1. The first-order valence-electron chi connectivity index (χ1n) is 12.3. The largest absolute Gasteiger partial charge is 0.436 e. The Bertz CT molecular complexity index is 1240. The second-order valence-electron chi connectivity index (χ2n) is 8.56. The van der Waals surface area contributed by atoms with Gasteiger partial charge in [0.25, 0.3) is 0 Å². The number of fused-ring (bicyclic) bond motifs is 1. The molecule has 220 valence electrons. The third kappa shape index (κ3) is 10.8. The van der Waals surface area contributed by atoms with Crippen molar-refractivity contribution in [1.82, 2.24) is 14.6 Å². The number of hydrogen-bond acceptors (Lipinski definition) is 10. The molecule has 11 nitrogen and oxygen atoms in total. The number of aldehydes is 1. The maximum Gasteiger partial charge on any atom is 0.351 e. The van der Waals surface area contributed by atoms with Crippen molar-refractivity contribution in [3.63, 3.8) is 0 Å². The average Bonchev–Trinajstić information content (AvgIpc) is 3.30. The van der Waals surface area contributed by atoms with E-state index >= 15 is 0 Å². The van der Waals surface area contributed by atoms with Crippen LogP contribution in [0.1, 0.15) is 26.5 Å². The van der Waals surface area contributed by atoms with E-state index in [0.29, 0.717) is 11.9 Å². The number of hydrogen-bond donors (Lipinski definition) is 3. The third-order valence-electron chi connectivity index (χ3n) is 5.35. The molecule has 3 aromatic rings. The van der Waals surface area contributed by atoms with Crippen molar-refractivity contribution in [3.05, 3.63) is 65.2 Å². The molecule has 0 aliphatic carbocycles. The van der Waals surface area contributed by atoms with Crippen LogP contribution in [0.5, 0.6) is 5.75 Å². The molecule has 0 radical (unpaired) electrons. The fourth-order valence-corrected chi connectivity index (χ4v) is 4.43. The zero-order valence-corrected chi connectivity index (χ0v) is 23.4. The highest BCUT2D eigenvalue weighted by Gasteiger charge is 2.36. The number of aromatic nitrogens is 2. The quantitative estimate of drug-likeness (QED) is 0.238. The number of benzene rings is 2. The Hall–Kier alpha value is -3.06. The number of anilines is 1. The van der Waals surface area contributed by atoms with Crippen LogP contribution in [0.15, 0.2) is 59.5 Å². The van der Waals surface area contributed by atoms with Gasteiger partial charge in [-0.2, -0.15) is 4.98 Å². The van der Waals surface area contributed by atoms with Crippen LogP contribution < -0.4 is 21.0 Å². The van der Waals surface area contributed by atoms with Crippen molar-refractivity contribution < 1.29 is 37.2 Å². The van der Waals surface area contributed by atoms with Crippen LogP contribution in [0.2, 0.25) is 0 Å². The first-order valence-corrected chi connectivity index (χ1v) is 13.5. The summed E-state index contributed by atoms with van der Waals surface area (Å²) < 4.78 is 42.8. The van der Waals surface area contributed by atoms with Crippen LogP contribution in [-0.4, -0.2) is 66.4 Å². The van der Waals surface area contributed by atoms with Gasteiger partial charge in [-0.25, -0.2) is 18.7 Å². The number of carbonyl (C=O) groups excluding carboxylic acids is 1. The minimum atomic E-state index is -1.75. The number of aliphatic hydroxyl groups is 1. The fourth-order valence-electron chi connectivity index (χ4n) is 3.39. The van der Waals surface area contributed by atoms with Crippen molar-refractivity contribution in [3.8, 4) is 5.75 Å². The second kappa shape index (κ2) is 17.6. The Labute approximate surface area is 232 Å². The van der Waals surface area contributed by atoms with Gasteiger partial charge in [-0.05, 0) is 42.8 Å². The van der Waals surface area contributed by atoms with E-state index in [0.717, 1.165) is 17.1 Å². The summed E-state index contributed by atoms with van der Waals surface area (Å²) in [6, 6.07) is 15.0. The lowest BCUT2D eigenvalue weighted by atomic mass is 10.1. The fraction of sp³-hybridized carbons (Fsp3) is 0.423. The molecule has 1 aliphatic heterocycles. The monoisotopic (exact) mass is 584 g/mol. The number of nitrogens with two attached hydrogens (primary N) is 1. The Morgan fingerprint density at radius 3 is 2.55 bits per heavy atom. The number of aliphatic hydroxyl groups excluding tert-OH is 1. The number of nitrogens with zero attached hydrogens (tertiary/aromatic N) is 2. The molecule has 0 amide bonds. The van der Waals surface area contributed by atoms with Gasteiger partial charge in [-0.1, -0.05) is 30.3 Å². The van der Waals surface area contributed by atoms with E-state index in [1.54, 1.807) is 7.11 Å². The summed E-state index contributed by atoms with van der Waals surface area (Å²) in [5.41, 5.74) is 4.91. The van der Waals surface area contributed by atoms with Crippen molar-refractivity contribution >= 4 is 31.4 Å². The predicted molar refractivity (Wildman–Crippen MR) is 148 cm³/mol. The number of halogens is 2. The van der Waals surface area contributed by atoms with Crippen LogP contribution in [0.3, 0.4) is 0 Å². The van der Waals surface area contributed by atoms with E-state index in [-0.39, 0.29) is 25.4 Å². The number of rotatable bonds is 10. The van der Waals surface area contributed by atoms with Crippen molar-refractivity contribution in [1.29, 1.82) is 0 Å². The molecule has 4 rings (SSSR count). The maximum atomic E-state index is 12.0. The average molecular weight is 585 g/mol. The van der Waals surface area contributed by atoms with Crippen molar-refractivity contribution in [2.24, 2.45) is 0 Å². The summed E-state index contributed by atoms with van der Waals surface area (Å²) in [5.74, 6) is 0.689. The highest BCUT2D eigenvalue weighted by atomic mass is 31.2. The number of methoxy groups -OCH3 is 1. The minimum absolute atomic E-state index is 0.0581. The van der Waals surface area contributed by atoms with E-state index in [1.165, 1.54) is 16.8 Å². The van der Waals surface area contributed by atoms with E-state index in [9.17, 15) is 23.5 Å². The molecule has 0 bridgehead atoms. The normalized spacial score (nSPS) is 18.8. The molecule has 1 aliphatic rings. The highest BCUT2D eigenvalue weighted by Crippen LogP contribution is 2.38. The number of nitrogen functional groups attached to an aromatic ring is 1. The number of carbonyl (C=O) groups is 1. The molecule has 0 spiro atoms. The zero-order chi connectivity index (χ0) is 29.5. The van der Waals surface area contributed by atoms with E-state index in [4.69, 9.17) is 24.3 Å². The zero-order valence-electron chi connectivity index (χ0n) is 22.5. The Morgan fingerprint density at radius 1 is 1.25 bits per heavy atom. The lowest BCUT2D eigenvalue weighted by Gasteiger charge is -2.20. The summed E-state index contributed by atoms with van der Waals surface area (Å²) >= 11 is 0. The van der Waals surface area contributed by atoms with E-state index in [1.807, 2.05) is 56.3 Å². The molecule has 0 saturated carbocycles. The first kappa shape index (κ1) is 33.1. The smallest absolute Gasteiger partial charge is 0.351 e. The van der Waals surface area contributed by atoms with Crippen LogP contribution in [0.25, 0.3) is 10.8 Å². The molecule has 2 aromatic carbocycles. The number of alkyl halides is 2. The van der Waals surface area contributed by atoms with Gasteiger partial charge in [0, 0.05) is 19.7 Å². The predicted octanol–water partition coefficient (Wildman–Crippen LogP) is 3.66. The molecule has 2 heterocycles. The maximum absolute atomic E-state index is 12.0. The minimum Gasteiger partial charge on any atom is -0.436 e. The van der Waals surface area contributed by atoms with E-state index in [2.05, 4.69) is 10.1 Å². The summed E-state index contributed by atoms with van der Waals surface area (Å²) in [6.45, 7) is 2.40. The topological polar surface area (TPSA) is 147 Å². The first-order chi connectivity index (χ1) is 19.2. The molecule has 40 heavy (non-hydrogen) atoms. The highest BCUT2D eigenvalue weighted by molar-refractivity contribution is 7.45. The molecule has 4 unspecified atom stereocenters. The summed E-state index contributed by atoms with van der Waals surface area (Å²) in [6.07, 6.45) is 0.506. The van der Waals surface area contributed by atoms with Gasteiger partial charge in [-0.15, -0.1) is 0 Å². The van der Waals surface area contributed by atoms with E-state index < -0.39 is 39.6 Å². The van der Waals surface area contributed by atoms with Crippen LogP contribution >= 0.6 is 8.53 Å². The second-order valence-corrected chi connectivity index (χ2v) is 9.83. The van der Waals surface area contributed by atoms with Crippen LogP contribution in [0.4, 0.5) is 14.6 Å². The molecular formula is C26H35F2N4O7P. The molecule has 1 aromatic heterocycles. The summed E-state index contributed by atoms with van der Waals surface area (Å²) in [5, 5.41) is 15.4. The van der Waals surface area contributed by atoms with Gasteiger partial charge in [0.15, 0.2) is 6.23 Å². The van der Waals surface area contributed by atoms with Gasteiger partial charge < -0.3 is 34.2 Å². The van der Waals surface area contributed by atoms with Gasteiger partial charge in [-0.3, -0.25) is 4.57 Å². The standard InChI is InChI=1S/C21H23N4O6P.C4H10O.CH2F2/c22-19-7-9-25(21(28)24-19)20-18(27)12-17(30-20)13-29-32(23-8-10-26)31-16-6-5-14-3-1-2-4-15(14)11-16;1-4(2)5-3;2-1-3/h1-7,9-11,17-18,20,23,27H,8,12-13H2,(H2,22,24,28);4H,1-3H3;1H2. The van der Waals surface area contributed by atoms with Crippen molar-refractivity contribution in [2.75, 3.05) is 32.9 Å². The van der Waals surface area contributed by atoms with Gasteiger partial charge in [0.1, 0.15) is 24.0 Å². The molecule has 1 fully saturated rings. The van der Waals surface area contributed by atoms with Crippen molar-refractivity contribution in [2.45, 2.75) is 44.8 Å². The van der Waals surface area contributed by atoms with Crippen LogP contribution in [0, 0.1) is 0 Å². The molecular weight excluding hydrogens is 549 g/mol. The third-order valence-corrected chi connectivity index (χ3v) is 6.55. The Morgan fingerprint density at radius 2 is 1.93 bits per heavy atom. The van der Waals surface area contributed by atoms with Gasteiger partial charge >= 0.3 is 14.2 Å².